The molecule has 6 nitrogen and oxygen atoms in total. The highest BCUT2D eigenvalue weighted by Gasteiger charge is 2.41. The van der Waals surface area contributed by atoms with E-state index in [9.17, 15) is 14.0 Å². The van der Waals surface area contributed by atoms with Crippen molar-refractivity contribution in [3.8, 4) is 11.3 Å². The van der Waals surface area contributed by atoms with Gasteiger partial charge in [0.2, 0.25) is 5.91 Å². The summed E-state index contributed by atoms with van der Waals surface area (Å²) in [4.78, 5) is 29.3. The second-order valence-electron chi connectivity index (χ2n) is 7.32. The smallest absolute Gasteiger partial charge is 0.271 e. The molecule has 0 radical (unpaired) electrons. The number of piperidine rings is 1. The predicted octanol–water partition coefficient (Wildman–Crippen LogP) is 2.69. The standard InChI is InChI=1S/C20H23FN4O2/c1-2-9-25-14-8-7-13(19(25)26)11-24(12-14)20(27)18-10-17(22-23-18)15-5-3-4-6-16(15)21/h3-6,10,13-14H,2,7-9,11-12H2,1H3,(H,22,23). The number of hydrogen-bond donors (Lipinski definition) is 1. The number of hydrogen-bond acceptors (Lipinski definition) is 3. The Balaban J connectivity index is 1.56. The lowest BCUT2D eigenvalue weighted by Crippen LogP contribution is -2.48. The van der Waals surface area contributed by atoms with Gasteiger partial charge in [-0.15, -0.1) is 0 Å². The Kier molecular flexibility index (Phi) is 4.68. The molecule has 3 aliphatic rings. The molecule has 4 heterocycles. The molecule has 2 bridgehead atoms. The van der Waals surface area contributed by atoms with E-state index in [-0.39, 0.29) is 29.6 Å². The van der Waals surface area contributed by atoms with Crippen molar-refractivity contribution in [1.82, 2.24) is 20.0 Å². The van der Waals surface area contributed by atoms with Crippen molar-refractivity contribution in [3.63, 3.8) is 0 Å². The van der Waals surface area contributed by atoms with Gasteiger partial charge < -0.3 is 9.80 Å². The van der Waals surface area contributed by atoms with Crippen LogP contribution in [0.4, 0.5) is 4.39 Å². The molecule has 0 saturated carbocycles. The first-order valence-corrected chi connectivity index (χ1v) is 9.48. The number of carbonyl (C=O) groups is 2. The zero-order valence-electron chi connectivity index (χ0n) is 15.3. The molecule has 0 aliphatic carbocycles. The summed E-state index contributed by atoms with van der Waals surface area (Å²) >= 11 is 0. The molecule has 3 saturated heterocycles. The number of halogens is 1. The highest BCUT2D eigenvalue weighted by molar-refractivity contribution is 5.94. The van der Waals surface area contributed by atoms with Crippen molar-refractivity contribution in [1.29, 1.82) is 0 Å². The third kappa shape index (κ3) is 3.22. The van der Waals surface area contributed by atoms with E-state index < -0.39 is 0 Å². The molecule has 2 atom stereocenters. The van der Waals surface area contributed by atoms with Crippen LogP contribution in [0.3, 0.4) is 0 Å². The van der Waals surface area contributed by atoms with Crippen molar-refractivity contribution >= 4 is 11.8 Å². The monoisotopic (exact) mass is 370 g/mol. The molecule has 1 aromatic carbocycles. The number of H-pyrrole nitrogens is 1. The zero-order valence-corrected chi connectivity index (χ0v) is 15.3. The summed E-state index contributed by atoms with van der Waals surface area (Å²) in [5, 5.41) is 6.85. The summed E-state index contributed by atoms with van der Waals surface area (Å²) in [7, 11) is 0. The molecule has 27 heavy (non-hydrogen) atoms. The minimum absolute atomic E-state index is 0.0779. The first-order chi connectivity index (χ1) is 13.1. The third-order valence-corrected chi connectivity index (χ3v) is 5.50. The summed E-state index contributed by atoms with van der Waals surface area (Å²) in [6, 6.07) is 8.01. The van der Waals surface area contributed by atoms with Crippen LogP contribution in [-0.2, 0) is 4.79 Å². The number of aromatic amines is 1. The molecule has 3 fully saturated rings. The molecular weight excluding hydrogens is 347 g/mol. The Morgan fingerprint density at radius 3 is 2.89 bits per heavy atom. The van der Waals surface area contributed by atoms with Crippen molar-refractivity contribution in [2.24, 2.45) is 5.92 Å². The molecule has 2 amide bonds. The fourth-order valence-electron chi connectivity index (χ4n) is 4.15. The average molecular weight is 370 g/mol. The number of carbonyl (C=O) groups excluding carboxylic acids is 2. The lowest BCUT2D eigenvalue weighted by molar-refractivity contribution is -0.139. The highest BCUT2D eigenvalue weighted by Crippen LogP contribution is 2.30. The predicted molar refractivity (Wildman–Crippen MR) is 98.4 cm³/mol. The number of fused-ring (bicyclic) bond motifs is 4. The van der Waals surface area contributed by atoms with E-state index in [0.29, 0.717) is 30.0 Å². The fourth-order valence-corrected chi connectivity index (χ4v) is 4.15. The fraction of sp³-hybridized carbons (Fsp3) is 0.450. The summed E-state index contributed by atoms with van der Waals surface area (Å²) in [5.41, 5.74) is 1.08. The van der Waals surface area contributed by atoms with Crippen LogP contribution in [0.25, 0.3) is 11.3 Å². The summed E-state index contributed by atoms with van der Waals surface area (Å²) in [6.45, 7) is 3.77. The first-order valence-electron chi connectivity index (χ1n) is 9.48. The summed E-state index contributed by atoms with van der Waals surface area (Å²) in [5.74, 6) is -0.530. The van der Waals surface area contributed by atoms with Gasteiger partial charge >= 0.3 is 0 Å². The highest BCUT2D eigenvalue weighted by atomic mass is 19.1. The number of benzene rings is 1. The van der Waals surface area contributed by atoms with Crippen LogP contribution >= 0.6 is 0 Å². The minimum Gasteiger partial charge on any atom is -0.338 e. The van der Waals surface area contributed by atoms with E-state index in [1.165, 1.54) is 6.07 Å². The van der Waals surface area contributed by atoms with Crippen molar-refractivity contribution in [2.45, 2.75) is 32.2 Å². The largest absolute Gasteiger partial charge is 0.338 e. The molecule has 3 aliphatic heterocycles. The van der Waals surface area contributed by atoms with E-state index in [1.54, 1.807) is 29.2 Å². The number of nitrogens with one attached hydrogen (secondary N) is 1. The molecule has 2 unspecified atom stereocenters. The van der Waals surface area contributed by atoms with Gasteiger partial charge in [-0.25, -0.2) is 4.39 Å². The van der Waals surface area contributed by atoms with Crippen molar-refractivity contribution in [2.75, 3.05) is 19.6 Å². The van der Waals surface area contributed by atoms with Crippen molar-refractivity contribution in [3.05, 3.63) is 41.8 Å². The summed E-state index contributed by atoms with van der Waals surface area (Å²) in [6.07, 6.45) is 2.68. The van der Waals surface area contributed by atoms with Gasteiger partial charge in [-0.1, -0.05) is 19.1 Å². The maximum absolute atomic E-state index is 14.0. The van der Waals surface area contributed by atoms with Gasteiger partial charge in [0.25, 0.3) is 5.91 Å². The molecular formula is C20H23FN4O2. The SMILES string of the molecule is CCCN1C(=O)C2CCC1CN(C(=O)c1cc(-c3ccccc3F)n[nH]1)C2. The van der Waals surface area contributed by atoms with Gasteiger partial charge in [-0.3, -0.25) is 14.7 Å². The molecule has 2 aromatic rings. The van der Waals surface area contributed by atoms with Crippen LogP contribution in [0, 0.1) is 11.7 Å². The Bertz CT molecular complexity index is 865. The van der Waals surface area contributed by atoms with Crippen LogP contribution in [0.1, 0.15) is 36.7 Å². The molecule has 0 spiro atoms. The van der Waals surface area contributed by atoms with E-state index in [0.717, 1.165) is 25.8 Å². The molecule has 7 heteroatoms. The van der Waals surface area contributed by atoms with Crippen molar-refractivity contribution < 1.29 is 14.0 Å². The lowest BCUT2D eigenvalue weighted by Gasteiger charge is -2.35. The summed E-state index contributed by atoms with van der Waals surface area (Å²) < 4.78 is 14.0. The lowest BCUT2D eigenvalue weighted by atomic mass is 9.94. The van der Waals surface area contributed by atoms with Crippen LogP contribution in [0.15, 0.2) is 30.3 Å². The quantitative estimate of drug-likeness (QED) is 0.900. The Hall–Kier alpha value is -2.70. The second-order valence-corrected chi connectivity index (χ2v) is 7.32. The van der Waals surface area contributed by atoms with E-state index in [1.807, 2.05) is 4.90 Å². The van der Waals surface area contributed by atoms with E-state index in [4.69, 9.17) is 0 Å². The molecule has 5 rings (SSSR count). The van der Waals surface area contributed by atoms with Crippen LogP contribution in [0.2, 0.25) is 0 Å². The Morgan fingerprint density at radius 1 is 1.30 bits per heavy atom. The van der Waals surface area contributed by atoms with E-state index in [2.05, 4.69) is 17.1 Å². The van der Waals surface area contributed by atoms with Crippen LogP contribution in [0.5, 0.6) is 0 Å². The Morgan fingerprint density at radius 2 is 2.11 bits per heavy atom. The first kappa shape index (κ1) is 17.7. The maximum Gasteiger partial charge on any atom is 0.271 e. The van der Waals surface area contributed by atoms with E-state index >= 15 is 0 Å². The van der Waals surface area contributed by atoms with Gasteiger partial charge in [0.15, 0.2) is 0 Å². The Labute approximate surface area is 157 Å². The molecule has 1 N–H and O–H groups in total. The third-order valence-electron chi connectivity index (χ3n) is 5.50. The zero-order chi connectivity index (χ0) is 19.0. The number of amides is 2. The molecule has 142 valence electrons. The van der Waals surface area contributed by atoms with Gasteiger partial charge in [0.05, 0.1) is 11.6 Å². The van der Waals surface area contributed by atoms with Gasteiger partial charge in [-0.2, -0.15) is 5.10 Å². The number of rotatable bonds is 4. The van der Waals surface area contributed by atoms with Gasteiger partial charge in [0.1, 0.15) is 11.5 Å². The number of nitrogens with zero attached hydrogens (tertiary/aromatic N) is 3. The molecule has 1 aromatic heterocycles. The van der Waals surface area contributed by atoms with Crippen LogP contribution < -0.4 is 0 Å². The average Bonchev–Trinajstić information content (AvgIpc) is 3.00. The number of aromatic nitrogens is 2. The minimum atomic E-state index is -0.378. The maximum atomic E-state index is 14.0. The van der Waals surface area contributed by atoms with Gasteiger partial charge in [-0.05, 0) is 37.5 Å². The van der Waals surface area contributed by atoms with Gasteiger partial charge in [0, 0.05) is 31.2 Å². The topological polar surface area (TPSA) is 69.3 Å². The second kappa shape index (κ2) is 7.13. The normalized spacial score (nSPS) is 22.2. The van der Waals surface area contributed by atoms with Crippen LogP contribution in [-0.4, -0.2) is 57.5 Å².